The van der Waals surface area contributed by atoms with Crippen LogP contribution in [0.5, 0.6) is 5.75 Å². The average Bonchev–Trinajstić information content (AvgIpc) is 3.22. The Morgan fingerprint density at radius 1 is 1.17 bits per heavy atom. The van der Waals surface area contributed by atoms with E-state index < -0.39 is 6.10 Å². The van der Waals surface area contributed by atoms with E-state index in [1.54, 1.807) is 0 Å². The molecule has 0 fully saturated rings. The lowest BCUT2D eigenvalue weighted by Gasteiger charge is -2.09. The molecule has 4 rings (SSSR count). The van der Waals surface area contributed by atoms with E-state index in [2.05, 4.69) is 22.4 Å². The van der Waals surface area contributed by atoms with E-state index in [1.807, 2.05) is 48.7 Å². The number of nitrogens with zero attached hydrogens (tertiary/aromatic N) is 1. The van der Waals surface area contributed by atoms with Gasteiger partial charge < -0.3 is 4.74 Å². The van der Waals surface area contributed by atoms with E-state index in [0.717, 1.165) is 22.6 Å². The molecule has 24 heavy (non-hydrogen) atoms. The van der Waals surface area contributed by atoms with Crippen LogP contribution in [0.3, 0.4) is 0 Å². The molecule has 0 spiro atoms. The predicted molar refractivity (Wildman–Crippen MR) is 94.6 cm³/mol. The van der Waals surface area contributed by atoms with Crippen LogP contribution in [0.25, 0.3) is 0 Å². The van der Waals surface area contributed by atoms with Gasteiger partial charge in [0.1, 0.15) is 5.75 Å². The van der Waals surface area contributed by atoms with Crippen molar-refractivity contribution in [3.05, 3.63) is 76.8 Å². The number of para-hydroxylation sites is 1. The second-order valence-corrected chi connectivity index (χ2v) is 6.82. The largest absolute Gasteiger partial charge is 0.480 e. The van der Waals surface area contributed by atoms with Crippen molar-refractivity contribution in [2.24, 2.45) is 0 Å². The van der Waals surface area contributed by atoms with Gasteiger partial charge in [-0.1, -0.05) is 48.5 Å². The number of rotatable bonds is 4. The van der Waals surface area contributed by atoms with Crippen LogP contribution < -0.4 is 10.1 Å². The summed E-state index contributed by atoms with van der Waals surface area (Å²) in [7, 11) is 0. The smallest absolute Gasteiger partial charge is 0.267 e. The summed E-state index contributed by atoms with van der Waals surface area (Å²) in [5.74, 6) is 0.647. The van der Waals surface area contributed by atoms with Crippen molar-refractivity contribution >= 4 is 22.4 Å². The number of anilines is 1. The Bertz CT molecular complexity index is 836. The first kappa shape index (κ1) is 14.9. The molecule has 1 aliphatic rings. The third kappa shape index (κ3) is 3.16. The Kier molecular flexibility index (Phi) is 4.01. The number of carbonyl (C=O) groups excluding carboxylic acids is 1. The molecular weight excluding hydrogens is 320 g/mol. The van der Waals surface area contributed by atoms with E-state index in [1.165, 1.54) is 16.9 Å². The van der Waals surface area contributed by atoms with Crippen molar-refractivity contribution in [1.82, 2.24) is 4.98 Å². The predicted octanol–water partition coefficient (Wildman–Crippen LogP) is 3.68. The summed E-state index contributed by atoms with van der Waals surface area (Å²) in [4.78, 5) is 17.8. The van der Waals surface area contributed by atoms with Gasteiger partial charge in [0.2, 0.25) is 0 Å². The topological polar surface area (TPSA) is 51.2 Å². The minimum absolute atomic E-state index is 0.146. The molecule has 1 amide bonds. The van der Waals surface area contributed by atoms with Crippen LogP contribution in [0.15, 0.2) is 60.8 Å². The fourth-order valence-electron chi connectivity index (χ4n) is 2.76. The molecule has 0 radical (unpaired) electrons. The second kappa shape index (κ2) is 6.45. The molecule has 120 valence electrons. The van der Waals surface area contributed by atoms with Gasteiger partial charge in [0.15, 0.2) is 11.2 Å². The summed E-state index contributed by atoms with van der Waals surface area (Å²) in [6.07, 6.45) is 2.76. The van der Waals surface area contributed by atoms with Gasteiger partial charge >= 0.3 is 0 Å². The van der Waals surface area contributed by atoms with Crippen molar-refractivity contribution in [3.8, 4) is 5.75 Å². The van der Waals surface area contributed by atoms with Gasteiger partial charge in [-0.05, 0) is 17.2 Å². The van der Waals surface area contributed by atoms with Gasteiger partial charge in [-0.25, -0.2) is 4.98 Å². The Balaban J connectivity index is 1.39. The number of hydrogen-bond acceptors (Lipinski definition) is 4. The molecule has 1 N–H and O–H groups in total. The second-order valence-electron chi connectivity index (χ2n) is 5.70. The van der Waals surface area contributed by atoms with E-state index in [9.17, 15) is 4.79 Å². The molecule has 1 aromatic heterocycles. The van der Waals surface area contributed by atoms with E-state index in [-0.39, 0.29) is 5.91 Å². The lowest BCUT2D eigenvalue weighted by Crippen LogP contribution is -2.31. The van der Waals surface area contributed by atoms with Gasteiger partial charge in [-0.2, -0.15) is 0 Å². The SMILES string of the molecule is O=C(Nc1ncc(Cc2ccccc2)s1)C1Cc2ccccc2O1. The molecule has 1 unspecified atom stereocenters. The molecule has 2 heterocycles. The van der Waals surface area contributed by atoms with Crippen molar-refractivity contribution < 1.29 is 9.53 Å². The number of nitrogens with one attached hydrogen (secondary N) is 1. The molecule has 5 heteroatoms. The highest BCUT2D eigenvalue weighted by Crippen LogP contribution is 2.29. The lowest BCUT2D eigenvalue weighted by molar-refractivity contribution is -0.122. The van der Waals surface area contributed by atoms with Crippen LogP contribution in [-0.2, 0) is 17.6 Å². The zero-order valence-electron chi connectivity index (χ0n) is 12.9. The third-order valence-electron chi connectivity index (χ3n) is 3.94. The number of ether oxygens (including phenoxy) is 1. The molecule has 0 saturated carbocycles. The highest BCUT2D eigenvalue weighted by atomic mass is 32.1. The molecule has 0 bridgehead atoms. The summed E-state index contributed by atoms with van der Waals surface area (Å²) >= 11 is 1.50. The number of hydrogen-bond donors (Lipinski definition) is 1. The number of thiazole rings is 1. The Labute approximate surface area is 144 Å². The molecule has 2 aromatic carbocycles. The number of fused-ring (bicyclic) bond motifs is 1. The fourth-order valence-corrected chi connectivity index (χ4v) is 3.61. The first-order valence-corrected chi connectivity index (χ1v) is 8.63. The van der Waals surface area contributed by atoms with Gasteiger partial charge in [0.25, 0.3) is 5.91 Å². The van der Waals surface area contributed by atoms with Crippen molar-refractivity contribution in [3.63, 3.8) is 0 Å². The van der Waals surface area contributed by atoms with Crippen LogP contribution in [0, 0.1) is 0 Å². The number of benzene rings is 2. The summed E-state index contributed by atoms with van der Waals surface area (Å²) in [5.41, 5.74) is 2.30. The fraction of sp³-hybridized carbons (Fsp3) is 0.158. The Hall–Kier alpha value is -2.66. The summed E-state index contributed by atoms with van der Waals surface area (Å²) in [5, 5.41) is 3.48. The highest BCUT2D eigenvalue weighted by Gasteiger charge is 2.29. The molecular formula is C19H16N2O2S. The van der Waals surface area contributed by atoms with Gasteiger partial charge in [-0.15, -0.1) is 11.3 Å². The highest BCUT2D eigenvalue weighted by molar-refractivity contribution is 7.15. The molecule has 1 aliphatic heterocycles. The lowest BCUT2D eigenvalue weighted by atomic mass is 10.1. The summed E-state index contributed by atoms with van der Waals surface area (Å²) in [6, 6.07) is 18.0. The van der Waals surface area contributed by atoms with Crippen LogP contribution >= 0.6 is 11.3 Å². The molecule has 1 atom stereocenters. The normalized spacial score (nSPS) is 15.6. The zero-order valence-corrected chi connectivity index (χ0v) is 13.8. The monoisotopic (exact) mass is 336 g/mol. The molecule has 0 aliphatic carbocycles. The molecule has 3 aromatic rings. The zero-order chi connectivity index (χ0) is 16.4. The van der Waals surface area contributed by atoms with Gasteiger partial charge in [0, 0.05) is 23.9 Å². The minimum Gasteiger partial charge on any atom is -0.480 e. The van der Waals surface area contributed by atoms with Crippen LogP contribution in [0.1, 0.15) is 16.0 Å². The van der Waals surface area contributed by atoms with Crippen LogP contribution in [0.2, 0.25) is 0 Å². The van der Waals surface area contributed by atoms with Crippen LogP contribution in [0.4, 0.5) is 5.13 Å². The van der Waals surface area contributed by atoms with E-state index in [0.29, 0.717) is 11.6 Å². The van der Waals surface area contributed by atoms with Crippen molar-refractivity contribution in [2.45, 2.75) is 18.9 Å². The van der Waals surface area contributed by atoms with Crippen molar-refractivity contribution in [1.29, 1.82) is 0 Å². The molecule has 4 nitrogen and oxygen atoms in total. The quantitative estimate of drug-likeness (QED) is 0.791. The maximum Gasteiger partial charge on any atom is 0.267 e. The standard InChI is InChI=1S/C19H16N2O2S/c22-18(17-11-14-8-4-5-9-16(14)23-17)21-19-20-12-15(24-19)10-13-6-2-1-3-7-13/h1-9,12,17H,10-11H2,(H,20,21,22). The number of aromatic nitrogens is 1. The Morgan fingerprint density at radius 3 is 2.79 bits per heavy atom. The number of amides is 1. The van der Waals surface area contributed by atoms with Gasteiger partial charge in [-0.3, -0.25) is 10.1 Å². The van der Waals surface area contributed by atoms with Crippen LogP contribution in [-0.4, -0.2) is 17.0 Å². The van der Waals surface area contributed by atoms with Crippen molar-refractivity contribution in [2.75, 3.05) is 5.32 Å². The van der Waals surface area contributed by atoms with E-state index >= 15 is 0 Å². The minimum atomic E-state index is -0.483. The van der Waals surface area contributed by atoms with Gasteiger partial charge in [0.05, 0.1) is 0 Å². The molecule has 0 saturated heterocycles. The third-order valence-corrected chi connectivity index (χ3v) is 4.86. The summed E-state index contributed by atoms with van der Waals surface area (Å²) in [6.45, 7) is 0. The average molecular weight is 336 g/mol. The van der Waals surface area contributed by atoms with E-state index in [4.69, 9.17) is 4.74 Å². The maximum absolute atomic E-state index is 12.4. The number of carbonyl (C=O) groups is 1. The first-order valence-electron chi connectivity index (χ1n) is 7.82. The Morgan fingerprint density at radius 2 is 1.96 bits per heavy atom. The summed E-state index contributed by atoms with van der Waals surface area (Å²) < 4.78 is 5.71. The maximum atomic E-state index is 12.4. The first-order chi connectivity index (χ1) is 11.8.